The molecule has 1 aliphatic carbocycles. The minimum Gasteiger partial charge on any atom is -0.335 e. The molecule has 0 radical (unpaired) electrons. The molecule has 2 N–H and O–H groups in total. The number of nitrogens with zero attached hydrogens (tertiary/aromatic N) is 1. The van der Waals surface area contributed by atoms with Gasteiger partial charge >= 0.3 is 0 Å². The van der Waals surface area contributed by atoms with Crippen molar-refractivity contribution in [1.29, 1.82) is 0 Å². The van der Waals surface area contributed by atoms with Crippen molar-refractivity contribution in [3.8, 4) is 0 Å². The average Bonchev–Trinajstić information content (AvgIpc) is 2.83. The predicted molar refractivity (Wildman–Crippen MR) is 69.5 cm³/mol. The van der Waals surface area contributed by atoms with Crippen LogP contribution in [0, 0.1) is 11.8 Å². The summed E-state index contributed by atoms with van der Waals surface area (Å²) < 4.78 is 27.1. The van der Waals surface area contributed by atoms with Gasteiger partial charge in [-0.25, -0.2) is 18.1 Å². The summed E-state index contributed by atoms with van der Waals surface area (Å²) in [4.78, 5) is 6.41. The molecule has 1 aromatic heterocycles. The summed E-state index contributed by atoms with van der Waals surface area (Å²) in [6.45, 7) is 4.32. The molecule has 0 saturated heterocycles. The van der Waals surface area contributed by atoms with E-state index in [1.807, 2.05) is 0 Å². The number of aromatic amines is 1. The highest BCUT2D eigenvalue weighted by Gasteiger charge is 2.31. The molecule has 0 spiro atoms. The van der Waals surface area contributed by atoms with E-state index in [1.165, 1.54) is 18.9 Å². The van der Waals surface area contributed by atoms with Gasteiger partial charge in [0, 0.05) is 6.04 Å². The fraction of sp³-hybridized carbons (Fsp3) is 0.750. The normalized spacial score (nSPS) is 25.5. The molecule has 1 aromatic rings. The molecule has 2 atom stereocenters. The van der Waals surface area contributed by atoms with Crippen molar-refractivity contribution < 1.29 is 8.42 Å². The zero-order valence-corrected chi connectivity index (χ0v) is 11.7. The molecular weight excluding hydrogens is 250 g/mol. The van der Waals surface area contributed by atoms with Gasteiger partial charge in [-0.1, -0.05) is 26.7 Å². The minimum absolute atomic E-state index is 0.0482. The van der Waals surface area contributed by atoms with Crippen molar-refractivity contribution in [3.05, 3.63) is 12.5 Å². The second-order valence-corrected chi connectivity index (χ2v) is 7.02. The molecule has 1 aliphatic rings. The van der Waals surface area contributed by atoms with Gasteiger partial charge in [-0.3, -0.25) is 0 Å². The van der Waals surface area contributed by atoms with Gasteiger partial charge in [0.25, 0.3) is 10.0 Å². The van der Waals surface area contributed by atoms with Crippen LogP contribution in [-0.2, 0) is 10.0 Å². The molecule has 6 heteroatoms. The van der Waals surface area contributed by atoms with Gasteiger partial charge in [0.15, 0.2) is 5.03 Å². The van der Waals surface area contributed by atoms with E-state index in [9.17, 15) is 8.42 Å². The van der Waals surface area contributed by atoms with Crippen molar-refractivity contribution in [2.75, 3.05) is 0 Å². The zero-order chi connectivity index (χ0) is 13.2. The topological polar surface area (TPSA) is 74.8 Å². The first-order valence-corrected chi connectivity index (χ1v) is 8.00. The third-order valence-electron chi connectivity index (χ3n) is 3.74. The highest BCUT2D eigenvalue weighted by atomic mass is 32.2. The molecule has 0 aromatic carbocycles. The Morgan fingerprint density at radius 1 is 1.39 bits per heavy atom. The number of nitrogens with one attached hydrogen (secondary N) is 2. The SMILES string of the molecule is CC(C)C1CCCCC1NS(=O)(=O)c1cnc[nH]1. The summed E-state index contributed by atoms with van der Waals surface area (Å²) in [6, 6.07) is 0.0482. The first-order chi connectivity index (χ1) is 8.50. The maximum absolute atomic E-state index is 12.1. The summed E-state index contributed by atoms with van der Waals surface area (Å²) in [6.07, 6.45) is 7.06. The lowest BCUT2D eigenvalue weighted by Gasteiger charge is -2.34. The van der Waals surface area contributed by atoms with Gasteiger partial charge in [-0.05, 0) is 24.7 Å². The predicted octanol–water partition coefficient (Wildman–Crippen LogP) is 1.90. The van der Waals surface area contributed by atoms with Crippen LogP contribution in [0.4, 0.5) is 0 Å². The lowest BCUT2D eigenvalue weighted by atomic mass is 9.78. The van der Waals surface area contributed by atoms with Crippen LogP contribution in [0.1, 0.15) is 39.5 Å². The number of hydrogen-bond donors (Lipinski definition) is 2. The second kappa shape index (κ2) is 5.40. The van der Waals surface area contributed by atoms with Crippen molar-refractivity contribution in [3.63, 3.8) is 0 Å². The number of imidazole rings is 1. The third kappa shape index (κ3) is 2.92. The van der Waals surface area contributed by atoms with E-state index in [4.69, 9.17) is 0 Å². The van der Waals surface area contributed by atoms with Gasteiger partial charge in [0.2, 0.25) is 0 Å². The van der Waals surface area contributed by atoms with E-state index in [0.29, 0.717) is 11.8 Å². The molecule has 102 valence electrons. The molecule has 18 heavy (non-hydrogen) atoms. The average molecular weight is 271 g/mol. The second-order valence-electron chi connectivity index (χ2n) is 5.34. The lowest BCUT2D eigenvalue weighted by molar-refractivity contribution is 0.226. The Labute approximate surface area is 108 Å². The van der Waals surface area contributed by atoms with Crippen molar-refractivity contribution in [2.45, 2.75) is 50.6 Å². The number of hydrogen-bond acceptors (Lipinski definition) is 3. The largest absolute Gasteiger partial charge is 0.335 e. The maximum atomic E-state index is 12.1. The van der Waals surface area contributed by atoms with E-state index in [-0.39, 0.29) is 11.1 Å². The first kappa shape index (κ1) is 13.5. The van der Waals surface area contributed by atoms with Crippen LogP contribution in [0.5, 0.6) is 0 Å². The van der Waals surface area contributed by atoms with Gasteiger partial charge in [-0.15, -0.1) is 0 Å². The lowest BCUT2D eigenvalue weighted by Crippen LogP contribution is -2.43. The Morgan fingerprint density at radius 3 is 2.72 bits per heavy atom. The summed E-state index contributed by atoms with van der Waals surface area (Å²) in [7, 11) is -3.45. The smallest absolute Gasteiger partial charge is 0.257 e. The quantitative estimate of drug-likeness (QED) is 0.878. The van der Waals surface area contributed by atoms with Crippen LogP contribution < -0.4 is 4.72 Å². The monoisotopic (exact) mass is 271 g/mol. The Balaban J connectivity index is 2.12. The van der Waals surface area contributed by atoms with E-state index < -0.39 is 10.0 Å². The number of aromatic nitrogens is 2. The minimum atomic E-state index is -3.45. The molecular formula is C12H21N3O2S. The Kier molecular flexibility index (Phi) is 4.07. The van der Waals surface area contributed by atoms with E-state index in [1.54, 1.807) is 0 Å². The number of sulfonamides is 1. The number of rotatable bonds is 4. The van der Waals surface area contributed by atoms with Gasteiger partial charge in [0.05, 0.1) is 12.5 Å². The summed E-state index contributed by atoms with van der Waals surface area (Å²) in [5.41, 5.74) is 0. The molecule has 1 fully saturated rings. The van der Waals surface area contributed by atoms with Gasteiger partial charge in [0.1, 0.15) is 0 Å². The molecule has 2 rings (SSSR count). The standard InChI is InChI=1S/C12H21N3O2S/c1-9(2)10-5-3-4-6-11(10)15-18(16,17)12-7-13-8-14-12/h7-11,15H,3-6H2,1-2H3,(H,13,14). The van der Waals surface area contributed by atoms with Crippen LogP contribution in [0.3, 0.4) is 0 Å². The summed E-state index contributed by atoms with van der Waals surface area (Å²) in [5, 5.41) is 0.149. The van der Waals surface area contributed by atoms with Crippen molar-refractivity contribution in [2.24, 2.45) is 11.8 Å². The Hall–Kier alpha value is -0.880. The molecule has 0 amide bonds. The summed E-state index contributed by atoms with van der Waals surface area (Å²) >= 11 is 0. The van der Waals surface area contributed by atoms with Crippen molar-refractivity contribution >= 4 is 10.0 Å². The third-order valence-corrected chi connectivity index (χ3v) is 5.16. The van der Waals surface area contributed by atoms with E-state index in [0.717, 1.165) is 19.3 Å². The van der Waals surface area contributed by atoms with Gasteiger partial charge in [-0.2, -0.15) is 0 Å². The Bertz CT molecular complexity index is 468. The number of H-pyrrole nitrogens is 1. The summed E-state index contributed by atoms with van der Waals surface area (Å²) in [5.74, 6) is 0.927. The Morgan fingerprint density at radius 2 is 2.11 bits per heavy atom. The molecule has 0 aliphatic heterocycles. The fourth-order valence-electron chi connectivity index (χ4n) is 2.76. The molecule has 1 saturated carbocycles. The van der Waals surface area contributed by atoms with Crippen LogP contribution in [0.25, 0.3) is 0 Å². The fourth-order valence-corrected chi connectivity index (χ4v) is 3.98. The highest BCUT2D eigenvalue weighted by Crippen LogP contribution is 2.30. The van der Waals surface area contributed by atoms with Crippen LogP contribution >= 0.6 is 0 Å². The van der Waals surface area contributed by atoms with Gasteiger partial charge < -0.3 is 4.98 Å². The molecule has 1 heterocycles. The molecule has 2 unspecified atom stereocenters. The maximum Gasteiger partial charge on any atom is 0.257 e. The molecule has 5 nitrogen and oxygen atoms in total. The van der Waals surface area contributed by atoms with Crippen LogP contribution in [0.15, 0.2) is 17.6 Å². The molecule has 0 bridgehead atoms. The first-order valence-electron chi connectivity index (χ1n) is 6.51. The van der Waals surface area contributed by atoms with Crippen LogP contribution in [0.2, 0.25) is 0 Å². The van der Waals surface area contributed by atoms with E-state index in [2.05, 4.69) is 28.5 Å². The van der Waals surface area contributed by atoms with Crippen molar-refractivity contribution in [1.82, 2.24) is 14.7 Å². The highest BCUT2D eigenvalue weighted by molar-refractivity contribution is 7.89. The zero-order valence-electron chi connectivity index (χ0n) is 10.9. The van der Waals surface area contributed by atoms with Crippen LogP contribution in [-0.4, -0.2) is 24.4 Å². The van der Waals surface area contributed by atoms with E-state index >= 15 is 0 Å².